The molecule has 2 aromatic rings. The molecule has 0 saturated carbocycles. The fourth-order valence-corrected chi connectivity index (χ4v) is 3.30. The maximum Gasteiger partial charge on any atom is 0.246 e. The Morgan fingerprint density at radius 1 is 1.25 bits per heavy atom. The summed E-state index contributed by atoms with van der Waals surface area (Å²) < 4.78 is 11.2. The van der Waals surface area contributed by atoms with Crippen LogP contribution in [0.5, 0.6) is 11.5 Å². The maximum absolute atomic E-state index is 12.4. The van der Waals surface area contributed by atoms with E-state index in [1.807, 2.05) is 31.2 Å². The molecule has 0 saturated heterocycles. The third-order valence-corrected chi connectivity index (χ3v) is 4.73. The minimum absolute atomic E-state index is 0.0557. The second kappa shape index (κ2) is 8.76. The topological polar surface area (TPSA) is 38.8 Å². The van der Waals surface area contributed by atoms with E-state index in [0.717, 1.165) is 14.8 Å². The minimum atomic E-state index is -0.0557. The number of ether oxygens (including phenoxy) is 2. The quantitative estimate of drug-likeness (QED) is 0.679. The molecule has 0 N–H and O–H groups in total. The monoisotopic (exact) mass is 365 g/mol. The van der Waals surface area contributed by atoms with E-state index in [9.17, 15) is 4.79 Å². The molecule has 0 bridgehead atoms. The SMILES string of the molecule is CCN(Cc1ccc(Cl)s1)C(=O)C=Cc1ccc(OC)cc1OC. The van der Waals surface area contributed by atoms with Gasteiger partial charge in [-0.3, -0.25) is 4.79 Å². The number of halogens is 1. The van der Waals surface area contributed by atoms with E-state index in [1.165, 1.54) is 11.3 Å². The largest absolute Gasteiger partial charge is 0.497 e. The van der Waals surface area contributed by atoms with Gasteiger partial charge in [0, 0.05) is 29.1 Å². The van der Waals surface area contributed by atoms with Crippen molar-refractivity contribution in [3.8, 4) is 11.5 Å². The van der Waals surface area contributed by atoms with Crippen LogP contribution in [-0.2, 0) is 11.3 Å². The summed E-state index contributed by atoms with van der Waals surface area (Å²) in [5.41, 5.74) is 0.821. The van der Waals surface area contributed by atoms with Crippen LogP contribution in [0.15, 0.2) is 36.4 Å². The van der Waals surface area contributed by atoms with Crippen LogP contribution in [0.3, 0.4) is 0 Å². The summed E-state index contributed by atoms with van der Waals surface area (Å²) in [6, 6.07) is 9.27. The van der Waals surface area contributed by atoms with Crippen LogP contribution in [0.25, 0.3) is 6.08 Å². The first kappa shape index (κ1) is 18.4. The molecule has 1 aromatic carbocycles. The van der Waals surface area contributed by atoms with E-state index in [4.69, 9.17) is 21.1 Å². The molecule has 1 amide bonds. The maximum atomic E-state index is 12.4. The Kier molecular flexibility index (Phi) is 6.70. The summed E-state index contributed by atoms with van der Waals surface area (Å²) in [6.45, 7) is 3.13. The standard InChI is InChI=1S/C18H20ClNO3S/c1-4-20(12-15-8-9-17(19)24-15)18(21)10-6-13-5-7-14(22-2)11-16(13)23-3/h5-11H,4,12H2,1-3H3. The Morgan fingerprint density at radius 3 is 2.62 bits per heavy atom. The van der Waals surface area contributed by atoms with Crippen molar-refractivity contribution in [2.24, 2.45) is 0 Å². The van der Waals surface area contributed by atoms with Crippen LogP contribution in [0.1, 0.15) is 17.4 Å². The second-order valence-electron chi connectivity index (χ2n) is 5.00. The van der Waals surface area contributed by atoms with Gasteiger partial charge >= 0.3 is 0 Å². The molecule has 24 heavy (non-hydrogen) atoms. The Morgan fingerprint density at radius 2 is 2.04 bits per heavy atom. The number of thiophene rings is 1. The van der Waals surface area contributed by atoms with Crippen LogP contribution in [0.2, 0.25) is 4.34 Å². The molecule has 0 aliphatic rings. The van der Waals surface area contributed by atoms with E-state index in [1.54, 1.807) is 37.3 Å². The summed E-state index contributed by atoms with van der Waals surface area (Å²) in [7, 11) is 3.19. The summed E-state index contributed by atoms with van der Waals surface area (Å²) in [5.74, 6) is 1.31. The highest BCUT2D eigenvalue weighted by Gasteiger charge is 2.11. The molecule has 0 radical (unpaired) electrons. The van der Waals surface area contributed by atoms with Crippen molar-refractivity contribution in [2.75, 3.05) is 20.8 Å². The highest BCUT2D eigenvalue weighted by atomic mass is 35.5. The average Bonchev–Trinajstić information content (AvgIpc) is 3.02. The van der Waals surface area contributed by atoms with Gasteiger partial charge in [0.15, 0.2) is 0 Å². The fraction of sp³-hybridized carbons (Fsp3) is 0.278. The van der Waals surface area contributed by atoms with Gasteiger partial charge in [-0.25, -0.2) is 0 Å². The number of nitrogens with zero attached hydrogens (tertiary/aromatic N) is 1. The van der Waals surface area contributed by atoms with E-state index in [-0.39, 0.29) is 5.91 Å². The van der Waals surface area contributed by atoms with Gasteiger partial charge in [-0.1, -0.05) is 11.6 Å². The van der Waals surface area contributed by atoms with Crippen molar-refractivity contribution >= 4 is 34.9 Å². The molecule has 128 valence electrons. The molecule has 0 fully saturated rings. The Hall–Kier alpha value is -1.98. The first-order valence-electron chi connectivity index (χ1n) is 7.50. The number of amides is 1. The number of likely N-dealkylation sites (N-methyl/N-ethyl adjacent to an activating group) is 1. The zero-order valence-corrected chi connectivity index (χ0v) is 15.5. The molecule has 0 spiro atoms. The molecule has 0 aliphatic carbocycles. The van der Waals surface area contributed by atoms with Gasteiger partial charge in [0.25, 0.3) is 0 Å². The number of carbonyl (C=O) groups is 1. The lowest BCUT2D eigenvalue weighted by Gasteiger charge is -2.18. The van der Waals surface area contributed by atoms with Gasteiger partial charge in [0.2, 0.25) is 5.91 Å². The molecule has 0 atom stereocenters. The fourth-order valence-electron chi connectivity index (χ4n) is 2.19. The number of methoxy groups -OCH3 is 2. The molecule has 4 nitrogen and oxygen atoms in total. The van der Waals surface area contributed by atoms with Crippen LogP contribution in [0.4, 0.5) is 0 Å². The number of hydrogen-bond donors (Lipinski definition) is 0. The van der Waals surface area contributed by atoms with Gasteiger partial charge in [0.1, 0.15) is 11.5 Å². The first-order valence-corrected chi connectivity index (χ1v) is 8.70. The van der Waals surface area contributed by atoms with Crippen LogP contribution in [0, 0.1) is 0 Å². The van der Waals surface area contributed by atoms with Crippen LogP contribution >= 0.6 is 22.9 Å². The van der Waals surface area contributed by atoms with Crippen molar-refractivity contribution in [3.05, 3.63) is 51.2 Å². The number of rotatable bonds is 7. The van der Waals surface area contributed by atoms with Gasteiger partial charge in [-0.2, -0.15) is 0 Å². The predicted molar refractivity (Wildman–Crippen MR) is 99.0 cm³/mol. The van der Waals surface area contributed by atoms with E-state index in [0.29, 0.717) is 24.6 Å². The molecular weight excluding hydrogens is 346 g/mol. The second-order valence-corrected chi connectivity index (χ2v) is 6.80. The molecule has 6 heteroatoms. The highest BCUT2D eigenvalue weighted by molar-refractivity contribution is 7.16. The van der Waals surface area contributed by atoms with E-state index in [2.05, 4.69) is 0 Å². The smallest absolute Gasteiger partial charge is 0.246 e. The zero-order valence-electron chi connectivity index (χ0n) is 13.9. The number of hydrogen-bond acceptors (Lipinski definition) is 4. The van der Waals surface area contributed by atoms with Gasteiger partial charge in [0.05, 0.1) is 25.1 Å². The van der Waals surface area contributed by atoms with Crippen LogP contribution in [-0.4, -0.2) is 31.6 Å². The summed E-state index contributed by atoms with van der Waals surface area (Å²) in [6.07, 6.45) is 3.31. The van der Waals surface area contributed by atoms with Crippen molar-refractivity contribution < 1.29 is 14.3 Å². The van der Waals surface area contributed by atoms with Gasteiger partial charge < -0.3 is 14.4 Å². The summed E-state index contributed by atoms with van der Waals surface area (Å²) in [5, 5.41) is 0. The summed E-state index contributed by atoms with van der Waals surface area (Å²) >= 11 is 7.43. The molecule has 1 heterocycles. The normalized spacial score (nSPS) is 10.8. The summed E-state index contributed by atoms with van der Waals surface area (Å²) in [4.78, 5) is 15.2. The van der Waals surface area contributed by atoms with Crippen molar-refractivity contribution in [2.45, 2.75) is 13.5 Å². The third kappa shape index (κ3) is 4.76. The molecule has 1 aromatic heterocycles. The van der Waals surface area contributed by atoms with Crippen molar-refractivity contribution in [1.29, 1.82) is 0 Å². The van der Waals surface area contributed by atoms with Gasteiger partial charge in [-0.15, -0.1) is 11.3 Å². The number of benzene rings is 1. The van der Waals surface area contributed by atoms with E-state index < -0.39 is 0 Å². The lowest BCUT2D eigenvalue weighted by molar-refractivity contribution is -0.126. The molecule has 2 rings (SSSR count). The molecule has 0 aliphatic heterocycles. The lowest BCUT2D eigenvalue weighted by atomic mass is 10.1. The Bertz CT molecular complexity index is 727. The highest BCUT2D eigenvalue weighted by Crippen LogP contribution is 2.26. The van der Waals surface area contributed by atoms with Gasteiger partial charge in [-0.05, 0) is 37.3 Å². The predicted octanol–water partition coefficient (Wildman–Crippen LogP) is 4.48. The molecular formula is C18H20ClNO3S. The zero-order chi connectivity index (χ0) is 17.5. The Labute approximate surface area is 151 Å². The molecule has 0 unspecified atom stereocenters. The minimum Gasteiger partial charge on any atom is -0.497 e. The number of carbonyl (C=O) groups excluding carboxylic acids is 1. The lowest BCUT2D eigenvalue weighted by Crippen LogP contribution is -2.28. The van der Waals surface area contributed by atoms with Crippen molar-refractivity contribution in [3.63, 3.8) is 0 Å². The van der Waals surface area contributed by atoms with E-state index >= 15 is 0 Å². The van der Waals surface area contributed by atoms with Crippen LogP contribution < -0.4 is 9.47 Å². The van der Waals surface area contributed by atoms with Crippen molar-refractivity contribution in [1.82, 2.24) is 4.90 Å². The third-order valence-electron chi connectivity index (χ3n) is 3.52. The average molecular weight is 366 g/mol. The Balaban J connectivity index is 2.10. The first-order chi connectivity index (χ1) is 11.6.